The maximum absolute atomic E-state index is 12.1. The molecule has 0 amide bonds. The molecule has 0 aliphatic heterocycles. The van der Waals surface area contributed by atoms with Crippen molar-refractivity contribution in [1.29, 1.82) is 0 Å². The van der Waals surface area contributed by atoms with Gasteiger partial charge in [0.15, 0.2) is 5.78 Å². The molecule has 0 saturated carbocycles. The Kier molecular flexibility index (Phi) is 4.14. The zero-order valence-electron chi connectivity index (χ0n) is 14.1. The van der Waals surface area contributed by atoms with E-state index in [9.17, 15) is 9.59 Å². The third kappa shape index (κ3) is 3.04. The molecular weight excluding hydrogens is 304 g/mol. The zero-order chi connectivity index (χ0) is 17.3. The van der Waals surface area contributed by atoms with Crippen LogP contribution in [0, 0.1) is 0 Å². The summed E-state index contributed by atoms with van der Waals surface area (Å²) in [7, 11) is 1.36. The van der Waals surface area contributed by atoms with Gasteiger partial charge in [-0.1, -0.05) is 32.0 Å². The maximum Gasteiger partial charge on any atom is 0.337 e. The van der Waals surface area contributed by atoms with Gasteiger partial charge in [-0.25, -0.2) is 4.79 Å². The van der Waals surface area contributed by atoms with E-state index in [1.807, 2.05) is 30.3 Å². The second kappa shape index (κ2) is 6.11. The standard InChI is InChI=1S/C20H20O4/c1-20(2)11-18(21)16-10-15(8-9-17(16)20)24-12-13-4-6-14(7-5-13)19(22)23-3/h4-10H,11-12H2,1-3H3. The van der Waals surface area contributed by atoms with Crippen LogP contribution in [0.3, 0.4) is 0 Å². The van der Waals surface area contributed by atoms with Gasteiger partial charge in [0.25, 0.3) is 0 Å². The van der Waals surface area contributed by atoms with Crippen LogP contribution >= 0.6 is 0 Å². The van der Waals surface area contributed by atoms with Crippen molar-refractivity contribution in [3.63, 3.8) is 0 Å². The quantitative estimate of drug-likeness (QED) is 0.800. The highest BCUT2D eigenvalue weighted by atomic mass is 16.5. The summed E-state index contributed by atoms with van der Waals surface area (Å²) >= 11 is 0. The lowest BCUT2D eigenvalue weighted by atomic mass is 9.87. The van der Waals surface area contributed by atoms with Crippen molar-refractivity contribution in [3.8, 4) is 5.75 Å². The number of Topliss-reactive ketones (excluding diaryl/α,β-unsaturated/α-hetero) is 1. The summed E-state index contributed by atoms with van der Waals surface area (Å²) in [6.07, 6.45) is 0.542. The van der Waals surface area contributed by atoms with Gasteiger partial charge in [-0.2, -0.15) is 0 Å². The fourth-order valence-corrected chi connectivity index (χ4v) is 3.05. The first-order chi connectivity index (χ1) is 11.4. The molecule has 0 spiro atoms. The van der Waals surface area contributed by atoms with Crippen LogP contribution in [0.1, 0.15) is 52.1 Å². The predicted octanol–water partition coefficient (Wildman–Crippen LogP) is 3.92. The first-order valence-corrected chi connectivity index (χ1v) is 7.88. The van der Waals surface area contributed by atoms with E-state index in [-0.39, 0.29) is 17.2 Å². The van der Waals surface area contributed by atoms with Gasteiger partial charge in [0.05, 0.1) is 12.7 Å². The minimum atomic E-state index is -0.359. The molecule has 2 aromatic carbocycles. The number of esters is 1. The summed E-state index contributed by atoms with van der Waals surface area (Å²) < 4.78 is 10.5. The Morgan fingerprint density at radius 1 is 1.12 bits per heavy atom. The molecule has 0 N–H and O–H groups in total. The first-order valence-electron chi connectivity index (χ1n) is 7.88. The summed E-state index contributed by atoms with van der Waals surface area (Å²) in [4.78, 5) is 23.5. The molecule has 0 fully saturated rings. The van der Waals surface area contributed by atoms with E-state index < -0.39 is 0 Å². The SMILES string of the molecule is COC(=O)c1ccc(COc2ccc3c(c2)C(=O)CC3(C)C)cc1. The molecule has 24 heavy (non-hydrogen) atoms. The fourth-order valence-electron chi connectivity index (χ4n) is 3.05. The van der Waals surface area contributed by atoms with Crippen molar-refractivity contribution in [2.45, 2.75) is 32.3 Å². The molecule has 4 nitrogen and oxygen atoms in total. The zero-order valence-corrected chi connectivity index (χ0v) is 14.1. The van der Waals surface area contributed by atoms with E-state index in [2.05, 4.69) is 18.6 Å². The molecule has 2 aromatic rings. The van der Waals surface area contributed by atoms with Crippen molar-refractivity contribution in [3.05, 3.63) is 64.7 Å². The number of carbonyl (C=O) groups excluding carboxylic acids is 2. The van der Waals surface area contributed by atoms with Crippen LogP contribution in [0.15, 0.2) is 42.5 Å². The van der Waals surface area contributed by atoms with Crippen LogP contribution in [-0.4, -0.2) is 18.9 Å². The molecular formula is C20H20O4. The highest BCUT2D eigenvalue weighted by Crippen LogP contribution is 2.39. The van der Waals surface area contributed by atoms with Crippen molar-refractivity contribution >= 4 is 11.8 Å². The Bertz CT molecular complexity index is 788. The largest absolute Gasteiger partial charge is 0.489 e. The van der Waals surface area contributed by atoms with Gasteiger partial charge in [0.1, 0.15) is 12.4 Å². The third-order valence-corrected chi connectivity index (χ3v) is 4.40. The van der Waals surface area contributed by atoms with Gasteiger partial charge in [-0.15, -0.1) is 0 Å². The molecule has 124 valence electrons. The van der Waals surface area contributed by atoms with Crippen molar-refractivity contribution in [2.75, 3.05) is 7.11 Å². The van der Waals surface area contributed by atoms with Crippen LogP contribution in [0.25, 0.3) is 0 Å². The topological polar surface area (TPSA) is 52.6 Å². The van der Waals surface area contributed by atoms with Crippen molar-refractivity contribution in [2.24, 2.45) is 0 Å². The van der Waals surface area contributed by atoms with E-state index in [1.54, 1.807) is 12.1 Å². The molecule has 1 aliphatic rings. The van der Waals surface area contributed by atoms with Crippen LogP contribution in [0.5, 0.6) is 5.75 Å². The Hall–Kier alpha value is -2.62. The van der Waals surface area contributed by atoms with Gasteiger partial charge in [-0.3, -0.25) is 4.79 Å². The number of methoxy groups -OCH3 is 1. The summed E-state index contributed by atoms with van der Waals surface area (Å²) in [5.41, 5.74) is 3.19. The summed E-state index contributed by atoms with van der Waals surface area (Å²) in [5.74, 6) is 0.488. The average molecular weight is 324 g/mol. The number of benzene rings is 2. The van der Waals surface area contributed by atoms with Crippen molar-refractivity contribution in [1.82, 2.24) is 0 Å². The predicted molar refractivity (Wildman–Crippen MR) is 90.5 cm³/mol. The van der Waals surface area contributed by atoms with Gasteiger partial charge >= 0.3 is 5.97 Å². The lowest BCUT2D eigenvalue weighted by molar-refractivity contribution is 0.0600. The maximum atomic E-state index is 12.1. The lowest BCUT2D eigenvalue weighted by Crippen LogP contribution is -2.12. The smallest absolute Gasteiger partial charge is 0.337 e. The minimum absolute atomic E-state index is 0.103. The van der Waals surface area contributed by atoms with E-state index in [0.717, 1.165) is 16.7 Å². The molecule has 0 unspecified atom stereocenters. The third-order valence-electron chi connectivity index (χ3n) is 4.40. The number of ether oxygens (including phenoxy) is 2. The van der Waals surface area contributed by atoms with E-state index in [0.29, 0.717) is 24.3 Å². The van der Waals surface area contributed by atoms with Crippen LogP contribution in [0.2, 0.25) is 0 Å². The monoisotopic (exact) mass is 324 g/mol. The molecule has 4 heteroatoms. The number of fused-ring (bicyclic) bond motifs is 1. The van der Waals surface area contributed by atoms with Gasteiger partial charge in [-0.05, 0) is 40.8 Å². The number of hydrogen-bond donors (Lipinski definition) is 0. The molecule has 0 atom stereocenters. The second-order valence-corrected chi connectivity index (χ2v) is 6.67. The Balaban J connectivity index is 1.71. The number of hydrogen-bond acceptors (Lipinski definition) is 4. The fraction of sp³-hybridized carbons (Fsp3) is 0.300. The molecule has 0 radical (unpaired) electrons. The number of carbonyl (C=O) groups is 2. The Morgan fingerprint density at radius 3 is 2.50 bits per heavy atom. The summed E-state index contributed by atoms with van der Waals surface area (Å²) in [6, 6.07) is 12.8. The second-order valence-electron chi connectivity index (χ2n) is 6.67. The van der Waals surface area contributed by atoms with E-state index >= 15 is 0 Å². The molecule has 0 aromatic heterocycles. The van der Waals surface area contributed by atoms with E-state index in [4.69, 9.17) is 4.74 Å². The molecule has 0 saturated heterocycles. The normalized spacial score (nSPS) is 15.0. The van der Waals surface area contributed by atoms with Crippen molar-refractivity contribution < 1.29 is 19.1 Å². The van der Waals surface area contributed by atoms with Gasteiger partial charge < -0.3 is 9.47 Å². The average Bonchev–Trinajstić information content (AvgIpc) is 2.81. The first kappa shape index (κ1) is 16.2. The Labute approximate surface area is 141 Å². The molecule has 1 aliphatic carbocycles. The molecule has 0 bridgehead atoms. The molecule has 0 heterocycles. The molecule has 3 rings (SSSR count). The van der Waals surface area contributed by atoms with Crippen LogP contribution in [0.4, 0.5) is 0 Å². The van der Waals surface area contributed by atoms with Crippen LogP contribution < -0.4 is 4.74 Å². The number of ketones is 1. The Morgan fingerprint density at radius 2 is 1.83 bits per heavy atom. The van der Waals surface area contributed by atoms with Gasteiger partial charge in [0, 0.05) is 12.0 Å². The summed E-state index contributed by atoms with van der Waals surface area (Å²) in [5, 5.41) is 0. The summed E-state index contributed by atoms with van der Waals surface area (Å²) in [6.45, 7) is 4.54. The highest BCUT2D eigenvalue weighted by molar-refractivity contribution is 6.02. The van der Waals surface area contributed by atoms with Gasteiger partial charge in [0.2, 0.25) is 0 Å². The minimum Gasteiger partial charge on any atom is -0.489 e. The lowest BCUT2D eigenvalue weighted by Gasteiger charge is -2.17. The van der Waals surface area contributed by atoms with E-state index in [1.165, 1.54) is 7.11 Å². The highest BCUT2D eigenvalue weighted by Gasteiger charge is 2.35. The number of rotatable bonds is 4. The van der Waals surface area contributed by atoms with Crippen LogP contribution in [-0.2, 0) is 16.8 Å².